The molecule has 3 aromatic rings. The van der Waals surface area contributed by atoms with Crippen LogP contribution in [0.5, 0.6) is 0 Å². The Morgan fingerprint density at radius 2 is 1.81 bits per heavy atom. The van der Waals surface area contributed by atoms with Gasteiger partial charge in [-0.3, -0.25) is 4.79 Å². The second-order valence-electron chi connectivity index (χ2n) is 7.38. The van der Waals surface area contributed by atoms with Gasteiger partial charge in [0.05, 0.1) is 11.8 Å². The highest BCUT2D eigenvalue weighted by atomic mass is 16.2. The number of aryl methyl sites for hydroxylation is 2. The van der Waals surface area contributed by atoms with Crippen molar-refractivity contribution in [2.24, 2.45) is 0 Å². The number of carbonyl (C=O) groups is 1. The standard InChI is InChI=1S/C21H26N4O/c1-13(2)24(19-9-15(5)7-8-16(19)6)21(26)18-10-17-12-23-25(14(3)4)20(17)22-11-18/h7-14H,1-6H3. The maximum absolute atomic E-state index is 13.3. The summed E-state index contributed by atoms with van der Waals surface area (Å²) in [6, 6.07) is 8.34. The van der Waals surface area contributed by atoms with Gasteiger partial charge < -0.3 is 4.90 Å². The van der Waals surface area contributed by atoms with Crippen molar-refractivity contribution in [3.05, 3.63) is 53.3 Å². The van der Waals surface area contributed by atoms with Crippen molar-refractivity contribution in [2.75, 3.05) is 4.90 Å². The van der Waals surface area contributed by atoms with Crippen LogP contribution in [0.15, 0.2) is 36.7 Å². The number of aromatic nitrogens is 3. The molecule has 0 saturated heterocycles. The first-order valence-electron chi connectivity index (χ1n) is 9.03. The second kappa shape index (κ2) is 6.90. The van der Waals surface area contributed by atoms with Crippen LogP contribution in [0.2, 0.25) is 0 Å². The zero-order valence-electron chi connectivity index (χ0n) is 16.3. The van der Waals surface area contributed by atoms with Crippen LogP contribution in [-0.2, 0) is 0 Å². The topological polar surface area (TPSA) is 51.0 Å². The minimum atomic E-state index is -0.0413. The third-order valence-electron chi connectivity index (χ3n) is 4.53. The molecule has 0 atom stereocenters. The van der Waals surface area contributed by atoms with Gasteiger partial charge in [0.25, 0.3) is 5.91 Å². The van der Waals surface area contributed by atoms with Crippen molar-refractivity contribution < 1.29 is 4.79 Å². The van der Waals surface area contributed by atoms with Crippen LogP contribution in [0.4, 0.5) is 5.69 Å². The van der Waals surface area contributed by atoms with Gasteiger partial charge in [0.15, 0.2) is 5.65 Å². The van der Waals surface area contributed by atoms with Gasteiger partial charge >= 0.3 is 0 Å². The maximum atomic E-state index is 13.3. The average Bonchev–Trinajstić information content (AvgIpc) is 3.01. The summed E-state index contributed by atoms with van der Waals surface area (Å²) >= 11 is 0. The summed E-state index contributed by atoms with van der Waals surface area (Å²) in [6.45, 7) is 12.3. The van der Waals surface area contributed by atoms with E-state index >= 15 is 0 Å². The van der Waals surface area contributed by atoms with E-state index in [2.05, 4.69) is 42.1 Å². The Balaban J connectivity index is 2.05. The highest BCUT2D eigenvalue weighted by Gasteiger charge is 2.23. The average molecular weight is 350 g/mol. The molecule has 0 bridgehead atoms. The summed E-state index contributed by atoms with van der Waals surface area (Å²) in [5.74, 6) is -0.0413. The quantitative estimate of drug-likeness (QED) is 0.686. The van der Waals surface area contributed by atoms with Crippen LogP contribution < -0.4 is 4.90 Å². The van der Waals surface area contributed by atoms with E-state index in [1.54, 1.807) is 12.4 Å². The van der Waals surface area contributed by atoms with E-state index in [1.165, 1.54) is 0 Å². The predicted molar refractivity (Wildman–Crippen MR) is 106 cm³/mol. The number of anilines is 1. The number of hydrogen-bond donors (Lipinski definition) is 0. The predicted octanol–water partition coefficient (Wildman–Crippen LogP) is 4.68. The molecule has 1 amide bonds. The Morgan fingerprint density at radius 1 is 1.08 bits per heavy atom. The van der Waals surface area contributed by atoms with Crippen molar-refractivity contribution in [3.63, 3.8) is 0 Å². The minimum Gasteiger partial charge on any atom is -0.306 e. The Kier molecular flexibility index (Phi) is 4.81. The van der Waals surface area contributed by atoms with E-state index in [9.17, 15) is 4.79 Å². The monoisotopic (exact) mass is 350 g/mol. The fourth-order valence-electron chi connectivity index (χ4n) is 3.18. The van der Waals surface area contributed by atoms with E-state index in [-0.39, 0.29) is 18.0 Å². The smallest absolute Gasteiger partial charge is 0.260 e. The molecular weight excluding hydrogens is 324 g/mol. The summed E-state index contributed by atoms with van der Waals surface area (Å²) in [4.78, 5) is 19.7. The number of nitrogens with zero attached hydrogens (tertiary/aromatic N) is 4. The molecule has 3 rings (SSSR count). The number of amides is 1. The highest BCUT2D eigenvalue weighted by molar-refractivity contribution is 6.08. The fourth-order valence-corrected chi connectivity index (χ4v) is 3.18. The fraction of sp³-hybridized carbons (Fsp3) is 0.381. The number of hydrogen-bond acceptors (Lipinski definition) is 3. The van der Waals surface area contributed by atoms with Gasteiger partial charge in [-0.25, -0.2) is 9.67 Å². The molecule has 2 aromatic heterocycles. The van der Waals surface area contributed by atoms with E-state index in [4.69, 9.17) is 0 Å². The zero-order valence-corrected chi connectivity index (χ0v) is 16.3. The molecule has 0 fully saturated rings. The first kappa shape index (κ1) is 18.1. The van der Waals surface area contributed by atoms with E-state index in [0.29, 0.717) is 5.56 Å². The molecule has 2 heterocycles. The number of pyridine rings is 1. The van der Waals surface area contributed by atoms with Crippen LogP contribution in [0.3, 0.4) is 0 Å². The van der Waals surface area contributed by atoms with Crippen molar-refractivity contribution in [2.45, 2.75) is 53.6 Å². The van der Waals surface area contributed by atoms with Crippen LogP contribution in [-0.4, -0.2) is 26.7 Å². The third kappa shape index (κ3) is 3.21. The van der Waals surface area contributed by atoms with Crippen molar-refractivity contribution in [1.82, 2.24) is 14.8 Å². The van der Waals surface area contributed by atoms with Crippen molar-refractivity contribution in [3.8, 4) is 0 Å². The normalized spacial score (nSPS) is 11.5. The first-order chi connectivity index (χ1) is 12.3. The summed E-state index contributed by atoms with van der Waals surface area (Å²) in [5, 5.41) is 5.27. The zero-order chi connectivity index (χ0) is 19.0. The molecule has 0 N–H and O–H groups in total. The van der Waals surface area contributed by atoms with Gasteiger partial charge in [-0.05, 0) is 64.8 Å². The Morgan fingerprint density at radius 3 is 2.46 bits per heavy atom. The van der Waals surface area contributed by atoms with E-state index < -0.39 is 0 Å². The van der Waals surface area contributed by atoms with Crippen molar-refractivity contribution in [1.29, 1.82) is 0 Å². The van der Waals surface area contributed by atoms with Crippen molar-refractivity contribution >= 4 is 22.6 Å². The molecule has 5 nitrogen and oxygen atoms in total. The molecule has 1 aromatic carbocycles. The molecule has 0 saturated carbocycles. The molecule has 0 unspecified atom stereocenters. The Labute approximate surface area is 154 Å². The second-order valence-corrected chi connectivity index (χ2v) is 7.38. The number of fused-ring (bicyclic) bond motifs is 1. The molecule has 26 heavy (non-hydrogen) atoms. The van der Waals surface area contributed by atoms with Gasteiger partial charge in [-0.1, -0.05) is 12.1 Å². The Bertz CT molecular complexity index is 956. The molecule has 0 aliphatic rings. The molecule has 0 aliphatic carbocycles. The summed E-state index contributed by atoms with van der Waals surface area (Å²) in [5.41, 5.74) is 4.55. The van der Waals surface area contributed by atoms with Crippen LogP contribution in [0.25, 0.3) is 11.0 Å². The van der Waals surface area contributed by atoms with E-state index in [1.807, 2.05) is 43.3 Å². The van der Waals surface area contributed by atoms with Crippen LogP contribution >= 0.6 is 0 Å². The van der Waals surface area contributed by atoms with Gasteiger partial charge in [-0.2, -0.15) is 5.10 Å². The lowest BCUT2D eigenvalue weighted by molar-refractivity contribution is 0.0980. The number of benzene rings is 1. The first-order valence-corrected chi connectivity index (χ1v) is 9.03. The maximum Gasteiger partial charge on any atom is 0.260 e. The van der Waals surface area contributed by atoms with Gasteiger partial charge in [-0.15, -0.1) is 0 Å². The summed E-state index contributed by atoms with van der Waals surface area (Å²) < 4.78 is 1.87. The van der Waals surface area contributed by atoms with Crippen LogP contribution in [0, 0.1) is 13.8 Å². The molecule has 136 valence electrons. The summed E-state index contributed by atoms with van der Waals surface area (Å²) in [7, 11) is 0. The van der Waals surface area contributed by atoms with E-state index in [0.717, 1.165) is 27.8 Å². The van der Waals surface area contributed by atoms with Gasteiger partial charge in [0, 0.05) is 29.4 Å². The minimum absolute atomic E-state index is 0.0390. The lowest BCUT2D eigenvalue weighted by atomic mass is 10.1. The molecule has 0 aliphatic heterocycles. The van der Waals surface area contributed by atoms with Gasteiger partial charge in [0.2, 0.25) is 0 Å². The molecule has 5 heteroatoms. The SMILES string of the molecule is Cc1ccc(C)c(N(C(=O)c2cnc3c(cnn3C(C)C)c2)C(C)C)c1. The highest BCUT2D eigenvalue weighted by Crippen LogP contribution is 2.26. The molecule has 0 radical (unpaired) electrons. The van der Waals surface area contributed by atoms with Crippen LogP contribution in [0.1, 0.15) is 55.2 Å². The Hall–Kier alpha value is -2.69. The third-order valence-corrected chi connectivity index (χ3v) is 4.53. The largest absolute Gasteiger partial charge is 0.306 e. The molecule has 0 spiro atoms. The number of carbonyl (C=O) groups excluding carboxylic acids is 1. The lowest BCUT2D eigenvalue weighted by Gasteiger charge is -2.28. The lowest BCUT2D eigenvalue weighted by Crippen LogP contribution is -2.37. The summed E-state index contributed by atoms with van der Waals surface area (Å²) in [6.07, 6.45) is 3.43. The number of rotatable bonds is 4. The van der Waals surface area contributed by atoms with Gasteiger partial charge in [0.1, 0.15) is 0 Å². The molecular formula is C21H26N4O.